The van der Waals surface area contributed by atoms with Gasteiger partial charge in [0.15, 0.2) is 0 Å². The zero-order chi connectivity index (χ0) is 11.5. The Morgan fingerprint density at radius 3 is 2.47 bits per heavy atom. The highest BCUT2D eigenvalue weighted by molar-refractivity contribution is 5.95. The van der Waals surface area contributed by atoms with Gasteiger partial charge in [-0.05, 0) is 32.9 Å². The average molecular weight is 208 g/mol. The van der Waals surface area contributed by atoms with Gasteiger partial charge < -0.3 is 10.2 Å². The van der Waals surface area contributed by atoms with E-state index < -0.39 is 5.60 Å². The van der Waals surface area contributed by atoms with Crippen molar-refractivity contribution in [1.82, 2.24) is 0 Å². The summed E-state index contributed by atoms with van der Waals surface area (Å²) in [6.45, 7) is 5.47. The summed E-state index contributed by atoms with van der Waals surface area (Å²) >= 11 is 0. The zero-order valence-electron chi connectivity index (χ0n) is 9.20. The summed E-state index contributed by atoms with van der Waals surface area (Å²) in [5.41, 5.74) is 2.96. The Kier molecular flexibility index (Phi) is 3.31. The van der Waals surface area contributed by atoms with Crippen LogP contribution in [-0.2, 0) is 4.74 Å². The molecule has 15 heavy (non-hydrogen) atoms. The van der Waals surface area contributed by atoms with Crippen LogP contribution in [0, 0.1) is 0 Å². The van der Waals surface area contributed by atoms with E-state index in [1.165, 1.54) is 0 Å². The fraction of sp³-hybridized carbons (Fsp3) is 0.364. The van der Waals surface area contributed by atoms with Gasteiger partial charge in [-0.25, -0.2) is 4.79 Å². The minimum absolute atomic E-state index is 0.379. The number of nitrogens with one attached hydrogen (secondary N) is 1. The first-order chi connectivity index (χ1) is 6.94. The summed E-state index contributed by atoms with van der Waals surface area (Å²) in [4.78, 5) is 11.7. The summed E-state index contributed by atoms with van der Waals surface area (Å²) in [5.74, 6) is 4.92. The average Bonchev–Trinajstić information content (AvgIpc) is 2.15. The largest absolute Gasteiger partial charge is 0.456 e. The molecule has 0 spiro atoms. The number of nitrogen functional groups attached to an aromatic ring is 1. The van der Waals surface area contributed by atoms with E-state index in [1.807, 2.05) is 20.8 Å². The highest BCUT2D eigenvalue weighted by atomic mass is 16.6. The van der Waals surface area contributed by atoms with Crippen LogP contribution in [0.2, 0.25) is 0 Å². The molecule has 0 atom stereocenters. The predicted octanol–water partition coefficient (Wildman–Crippen LogP) is 1.93. The number of ether oxygens (including phenoxy) is 1. The number of carbonyl (C=O) groups is 1. The second kappa shape index (κ2) is 4.31. The van der Waals surface area contributed by atoms with Crippen LogP contribution in [0.3, 0.4) is 0 Å². The normalized spacial score (nSPS) is 10.9. The molecule has 0 amide bonds. The molecule has 0 aromatic heterocycles. The molecule has 0 saturated carbocycles. The fourth-order valence-electron chi connectivity index (χ4n) is 1.12. The van der Waals surface area contributed by atoms with E-state index in [9.17, 15) is 4.79 Å². The number of benzene rings is 1. The van der Waals surface area contributed by atoms with Crippen molar-refractivity contribution in [2.45, 2.75) is 26.4 Å². The number of rotatable bonds is 2. The number of hydrogen-bond acceptors (Lipinski definition) is 4. The lowest BCUT2D eigenvalue weighted by Gasteiger charge is -2.20. The van der Waals surface area contributed by atoms with Crippen LogP contribution in [-0.4, -0.2) is 11.6 Å². The van der Waals surface area contributed by atoms with Crippen LogP contribution in [0.15, 0.2) is 24.3 Å². The van der Waals surface area contributed by atoms with E-state index in [4.69, 9.17) is 10.6 Å². The lowest BCUT2D eigenvalue weighted by molar-refractivity contribution is 0.00707. The zero-order valence-corrected chi connectivity index (χ0v) is 9.20. The summed E-state index contributed by atoms with van der Waals surface area (Å²) in [6, 6.07) is 6.95. The third kappa shape index (κ3) is 3.25. The van der Waals surface area contributed by atoms with E-state index in [2.05, 4.69) is 5.43 Å². The summed E-state index contributed by atoms with van der Waals surface area (Å²) in [7, 11) is 0. The topological polar surface area (TPSA) is 64.3 Å². The summed E-state index contributed by atoms with van der Waals surface area (Å²) < 4.78 is 5.23. The van der Waals surface area contributed by atoms with Gasteiger partial charge in [-0.3, -0.25) is 5.84 Å². The molecular formula is C11H16N2O2. The maximum absolute atomic E-state index is 11.7. The molecule has 1 aromatic carbocycles. The molecule has 0 radical (unpaired) electrons. The van der Waals surface area contributed by atoms with Gasteiger partial charge in [0.25, 0.3) is 0 Å². The molecule has 0 unspecified atom stereocenters. The van der Waals surface area contributed by atoms with Gasteiger partial charge >= 0.3 is 5.97 Å². The molecule has 0 aliphatic rings. The Labute approximate surface area is 89.4 Å². The molecule has 0 aliphatic heterocycles. The van der Waals surface area contributed by atoms with Gasteiger partial charge in [0.1, 0.15) is 5.60 Å². The molecule has 1 aromatic rings. The van der Waals surface area contributed by atoms with Crippen molar-refractivity contribution < 1.29 is 9.53 Å². The molecule has 0 aliphatic carbocycles. The Balaban J connectivity index is 2.91. The lowest BCUT2D eigenvalue weighted by Crippen LogP contribution is -2.25. The molecular weight excluding hydrogens is 192 g/mol. The first-order valence-electron chi connectivity index (χ1n) is 4.73. The van der Waals surface area contributed by atoms with Crippen LogP contribution >= 0.6 is 0 Å². The monoisotopic (exact) mass is 208 g/mol. The second-order valence-electron chi connectivity index (χ2n) is 4.19. The number of hydrazine groups is 1. The van der Waals surface area contributed by atoms with E-state index in [1.54, 1.807) is 24.3 Å². The van der Waals surface area contributed by atoms with Crippen LogP contribution in [0.25, 0.3) is 0 Å². The van der Waals surface area contributed by atoms with Crippen LogP contribution in [0.5, 0.6) is 0 Å². The highest BCUT2D eigenvalue weighted by Gasteiger charge is 2.19. The van der Waals surface area contributed by atoms with Crippen molar-refractivity contribution in [2.24, 2.45) is 5.84 Å². The Hall–Kier alpha value is -1.55. The Morgan fingerprint density at radius 1 is 1.33 bits per heavy atom. The van der Waals surface area contributed by atoms with Crippen molar-refractivity contribution in [3.05, 3.63) is 29.8 Å². The number of anilines is 1. The number of esters is 1. The van der Waals surface area contributed by atoms with Gasteiger partial charge in [-0.2, -0.15) is 0 Å². The molecule has 82 valence electrons. The highest BCUT2D eigenvalue weighted by Crippen LogP contribution is 2.18. The minimum Gasteiger partial charge on any atom is -0.456 e. The second-order valence-corrected chi connectivity index (χ2v) is 4.19. The molecule has 0 bridgehead atoms. The SMILES string of the molecule is CC(C)(C)OC(=O)c1ccccc1NN. The van der Waals surface area contributed by atoms with Crippen LogP contribution in [0.4, 0.5) is 5.69 Å². The Morgan fingerprint density at radius 2 is 1.93 bits per heavy atom. The Bertz CT molecular complexity index is 356. The molecule has 3 N–H and O–H groups in total. The summed E-state index contributed by atoms with van der Waals surface area (Å²) in [6.07, 6.45) is 0. The van der Waals surface area contributed by atoms with Gasteiger partial charge in [-0.15, -0.1) is 0 Å². The quantitative estimate of drug-likeness (QED) is 0.443. The molecule has 0 saturated heterocycles. The van der Waals surface area contributed by atoms with Crippen LogP contribution in [0.1, 0.15) is 31.1 Å². The number of nitrogens with two attached hydrogens (primary N) is 1. The smallest absolute Gasteiger partial charge is 0.340 e. The minimum atomic E-state index is -0.501. The van der Waals surface area contributed by atoms with Crippen molar-refractivity contribution in [2.75, 3.05) is 5.43 Å². The van der Waals surface area contributed by atoms with Gasteiger partial charge in [-0.1, -0.05) is 12.1 Å². The third-order valence-corrected chi connectivity index (χ3v) is 1.70. The first kappa shape index (κ1) is 11.5. The number of hydrogen-bond donors (Lipinski definition) is 2. The maximum atomic E-state index is 11.7. The predicted molar refractivity (Wildman–Crippen MR) is 59.4 cm³/mol. The van der Waals surface area contributed by atoms with Crippen LogP contribution < -0.4 is 11.3 Å². The molecule has 4 nitrogen and oxygen atoms in total. The fourth-order valence-corrected chi connectivity index (χ4v) is 1.12. The summed E-state index contributed by atoms with van der Waals surface area (Å²) in [5, 5.41) is 0. The lowest BCUT2D eigenvalue weighted by atomic mass is 10.1. The van der Waals surface area contributed by atoms with Gasteiger partial charge in [0.05, 0.1) is 11.3 Å². The standard InChI is InChI=1S/C11H16N2O2/c1-11(2,3)15-10(14)8-6-4-5-7-9(8)13-12/h4-7,13H,12H2,1-3H3. The first-order valence-corrected chi connectivity index (χ1v) is 4.73. The van der Waals surface area contributed by atoms with Crippen molar-refractivity contribution >= 4 is 11.7 Å². The molecule has 0 heterocycles. The maximum Gasteiger partial charge on any atom is 0.340 e. The molecule has 4 heteroatoms. The number of carbonyl (C=O) groups excluding carboxylic acids is 1. The van der Waals surface area contributed by atoms with Crippen molar-refractivity contribution in [3.63, 3.8) is 0 Å². The number of para-hydroxylation sites is 1. The molecule has 0 fully saturated rings. The van der Waals surface area contributed by atoms with E-state index >= 15 is 0 Å². The van der Waals surface area contributed by atoms with Crippen molar-refractivity contribution in [3.8, 4) is 0 Å². The van der Waals surface area contributed by atoms with Gasteiger partial charge in [0.2, 0.25) is 0 Å². The van der Waals surface area contributed by atoms with E-state index in [-0.39, 0.29) is 5.97 Å². The third-order valence-electron chi connectivity index (χ3n) is 1.70. The van der Waals surface area contributed by atoms with E-state index in [0.717, 1.165) is 0 Å². The molecule has 1 rings (SSSR count). The van der Waals surface area contributed by atoms with Gasteiger partial charge in [0, 0.05) is 0 Å². The van der Waals surface area contributed by atoms with Crippen molar-refractivity contribution in [1.29, 1.82) is 0 Å². The van der Waals surface area contributed by atoms with E-state index in [0.29, 0.717) is 11.3 Å².